The Hall–Kier alpha value is -5.43. The van der Waals surface area contributed by atoms with Crippen LogP contribution in [0.1, 0.15) is 43.4 Å². The van der Waals surface area contributed by atoms with Gasteiger partial charge in [0.2, 0.25) is 5.91 Å². The molecule has 1 saturated heterocycles. The van der Waals surface area contributed by atoms with Gasteiger partial charge >= 0.3 is 0 Å². The zero-order valence-electron chi connectivity index (χ0n) is 24.1. The van der Waals surface area contributed by atoms with Crippen molar-refractivity contribution in [2.75, 3.05) is 19.0 Å². The summed E-state index contributed by atoms with van der Waals surface area (Å²) in [4.78, 5) is 46.6. The van der Waals surface area contributed by atoms with Crippen molar-refractivity contribution < 1.29 is 23.9 Å². The summed E-state index contributed by atoms with van der Waals surface area (Å²) in [6.07, 6.45) is 5.40. The zero-order valence-corrected chi connectivity index (χ0v) is 24.1. The number of rotatable bonds is 8. The van der Waals surface area contributed by atoms with E-state index in [0.717, 1.165) is 11.1 Å². The standard InChI is InChI=1S/C37H30N2O5/c1-3-22-44-30-19-11-7-15-26(30)33(40)31-32(34(41)25-14-6-10-18-29(25)43-2)39-21-20-23-12-4-5-13-24(23)35(39)37(31)27-16-8-9-17-28(27)38-36(37)42/h3-21,31-32,35H,1,22H2,2H3,(H,38,42)/t31-,32+,35-,37-/m0/s1. The van der Waals surface area contributed by atoms with Crippen molar-refractivity contribution in [2.45, 2.75) is 17.5 Å². The summed E-state index contributed by atoms with van der Waals surface area (Å²) in [5.41, 5.74) is 2.30. The van der Waals surface area contributed by atoms with Crippen LogP contribution in [0.2, 0.25) is 0 Å². The maximum atomic E-state index is 15.2. The van der Waals surface area contributed by atoms with Gasteiger partial charge < -0.3 is 19.7 Å². The van der Waals surface area contributed by atoms with Gasteiger partial charge in [0.1, 0.15) is 29.6 Å². The molecule has 0 aliphatic carbocycles. The normalized spacial score (nSPS) is 22.5. The minimum absolute atomic E-state index is 0.192. The fraction of sp³-hybridized carbons (Fsp3) is 0.162. The average Bonchev–Trinajstić information content (AvgIpc) is 3.55. The van der Waals surface area contributed by atoms with Crippen molar-refractivity contribution >= 4 is 29.2 Å². The smallest absolute Gasteiger partial charge is 0.238 e. The number of Topliss-reactive ketones (excluding diaryl/α,β-unsaturated/α-hetero) is 2. The lowest BCUT2D eigenvalue weighted by atomic mass is 9.62. The largest absolute Gasteiger partial charge is 0.496 e. The van der Waals surface area contributed by atoms with Crippen LogP contribution in [-0.4, -0.2) is 42.1 Å². The van der Waals surface area contributed by atoms with Gasteiger partial charge in [-0.05, 0) is 53.1 Å². The Morgan fingerprint density at radius 3 is 2.32 bits per heavy atom. The first-order chi connectivity index (χ1) is 21.5. The highest BCUT2D eigenvalue weighted by atomic mass is 16.5. The fourth-order valence-corrected chi connectivity index (χ4v) is 7.29. The molecule has 218 valence electrons. The molecule has 7 nitrogen and oxygen atoms in total. The number of carbonyl (C=O) groups excluding carboxylic acids is 3. The van der Waals surface area contributed by atoms with Crippen molar-refractivity contribution in [3.05, 3.63) is 144 Å². The summed E-state index contributed by atoms with van der Waals surface area (Å²) in [5.74, 6) is -1.36. The van der Waals surface area contributed by atoms with Gasteiger partial charge in [-0.2, -0.15) is 0 Å². The van der Waals surface area contributed by atoms with E-state index in [1.54, 1.807) is 54.6 Å². The van der Waals surface area contributed by atoms with E-state index >= 15 is 4.79 Å². The van der Waals surface area contributed by atoms with Crippen LogP contribution >= 0.6 is 0 Å². The highest BCUT2D eigenvalue weighted by Crippen LogP contribution is 2.62. The Labute approximate surface area is 255 Å². The Morgan fingerprint density at radius 1 is 0.886 bits per heavy atom. The summed E-state index contributed by atoms with van der Waals surface area (Å²) in [6.45, 7) is 3.93. The van der Waals surface area contributed by atoms with Gasteiger partial charge in [-0.25, -0.2) is 0 Å². The van der Waals surface area contributed by atoms with Gasteiger partial charge in [-0.3, -0.25) is 14.4 Å². The number of fused-ring (bicyclic) bond motifs is 6. The molecule has 4 aromatic rings. The minimum Gasteiger partial charge on any atom is -0.496 e. The number of benzene rings is 4. The molecule has 3 aliphatic heterocycles. The Kier molecular flexibility index (Phi) is 6.66. The zero-order chi connectivity index (χ0) is 30.4. The van der Waals surface area contributed by atoms with Gasteiger partial charge in [0, 0.05) is 11.9 Å². The third-order valence-corrected chi connectivity index (χ3v) is 9.00. The molecule has 7 rings (SSSR count). The Balaban J connectivity index is 1.54. The van der Waals surface area contributed by atoms with E-state index in [1.807, 2.05) is 65.7 Å². The molecule has 0 radical (unpaired) electrons. The Morgan fingerprint density at radius 2 is 1.55 bits per heavy atom. The maximum Gasteiger partial charge on any atom is 0.238 e. The monoisotopic (exact) mass is 582 g/mol. The lowest BCUT2D eigenvalue weighted by Gasteiger charge is -2.38. The van der Waals surface area contributed by atoms with E-state index in [9.17, 15) is 9.59 Å². The van der Waals surface area contributed by atoms with E-state index in [4.69, 9.17) is 9.47 Å². The maximum absolute atomic E-state index is 15.2. The van der Waals surface area contributed by atoms with Crippen LogP contribution in [0.3, 0.4) is 0 Å². The third kappa shape index (κ3) is 3.85. The molecule has 3 heterocycles. The van der Waals surface area contributed by atoms with Crippen LogP contribution in [0.25, 0.3) is 6.08 Å². The second-order valence-electron chi connectivity index (χ2n) is 11.1. The van der Waals surface area contributed by atoms with E-state index in [2.05, 4.69) is 11.9 Å². The molecule has 7 heteroatoms. The molecule has 1 N–H and O–H groups in total. The second kappa shape index (κ2) is 10.7. The summed E-state index contributed by atoms with van der Waals surface area (Å²) in [5, 5.41) is 3.08. The topological polar surface area (TPSA) is 84.9 Å². The number of hydrogen-bond acceptors (Lipinski definition) is 6. The minimum atomic E-state index is -1.44. The molecule has 0 saturated carbocycles. The van der Waals surface area contributed by atoms with E-state index in [0.29, 0.717) is 33.9 Å². The third-order valence-electron chi connectivity index (χ3n) is 9.00. The molecule has 4 aromatic carbocycles. The number of para-hydroxylation sites is 3. The van der Waals surface area contributed by atoms with Crippen molar-refractivity contribution in [3.63, 3.8) is 0 Å². The summed E-state index contributed by atoms with van der Waals surface area (Å²) >= 11 is 0. The molecule has 4 atom stereocenters. The summed E-state index contributed by atoms with van der Waals surface area (Å²) in [7, 11) is 1.51. The first-order valence-electron chi connectivity index (χ1n) is 14.5. The van der Waals surface area contributed by atoms with Crippen LogP contribution in [0.4, 0.5) is 5.69 Å². The average molecular weight is 583 g/mol. The lowest BCUT2D eigenvalue weighted by Crippen LogP contribution is -2.49. The molecule has 1 spiro atoms. The fourth-order valence-electron chi connectivity index (χ4n) is 7.29. The molecule has 0 unspecified atom stereocenters. The molecular weight excluding hydrogens is 552 g/mol. The predicted octanol–water partition coefficient (Wildman–Crippen LogP) is 6.24. The van der Waals surface area contributed by atoms with E-state index in [1.165, 1.54) is 7.11 Å². The first kappa shape index (κ1) is 27.4. The molecule has 44 heavy (non-hydrogen) atoms. The molecule has 3 aliphatic rings. The number of methoxy groups -OCH3 is 1. The number of anilines is 1. The highest BCUT2D eigenvalue weighted by Gasteiger charge is 2.71. The quantitative estimate of drug-likeness (QED) is 0.196. The summed E-state index contributed by atoms with van der Waals surface area (Å²) < 4.78 is 11.5. The van der Waals surface area contributed by atoms with Gasteiger partial charge in [0.25, 0.3) is 0 Å². The molecule has 0 bridgehead atoms. The molecule has 0 aromatic heterocycles. The van der Waals surface area contributed by atoms with Crippen molar-refractivity contribution in [2.24, 2.45) is 5.92 Å². The van der Waals surface area contributed by atoms with Crippen LogP contribution < -0.4 is 14.8 Å². The van der Waals surface area contributed by atoms with E-state index < -0.39 is 23.4 Å². The second-order valence-corrected chi connectivity index (χ2v) is 11.1. The van der Waals surface area contributed by atoms with Crippen LogP contribution in [0, 0.1) is 5.92 Å². The summed E-state index contributed by atoms with van der Waals surface area (Å²) in [6, 6.07) is 27.6. The van der Waals surface area contributed by atoms with Gasteiger partial charge in [0.05, 0.1) is 30.2 Å². The molecular formula is C37H30N2O5. The van der Waals surface area contributed by atoms with Gasteiger partial charge in [-0.15, -0.1) is 0 Å². The molecule has 1 amide bonds. The lowest BCUT2D eigenvalue weighted by molar-refractivity contribution is -0.122. The number of nitrogens with one attached hydrogen (secondary N) is 1. The number of nitrogens with zero attached hydrogens (tertiary/aromatic N) is 1. The van der Waals surface area contributed by atoms with Crippen LogP contribution in [-0.2, 0) is 10.2 Å². The first-order valence-corrected chi connectivity index (χ1v) is 14.5. The molecule has 1 fully saturated rings. The van der Waals surface area contributed by atoms with E-state index in [-0.39, 0.29) is 24.1 Å². The SMILES string of the molecule is C=CCOc1ccccc1C(=O)[C@@H]1[C@H](C(=O)c2ccccc2OC)N2C=Cc3ccccc3[C@H]2[C@@]12C(=O)Nc1ccccc12. The number of hydrogen-bond donors (Lipinski definition) is 1. The Bertz CT molecular complexity index is 1860. The van der Waals surface area contributed by atoms with Gasteiger partial charge in [-0.1, -0.05) is 79.4 Å². The number of ether oxygens (including phenoxy) is 2. The number of ketones is 2. The predicted molar refractivity (Wildman–Crippen MR) is 168 cm³/mol. The van der Waals surface area contributed by atoms with Crippen LogP contribution in [0.15, 0.2) is 116 Å². The van der Waals surface area contributed by atoms with Crippen molar-refractivity contribution in [3.8, 4) is 11.5 Å². The van der Waals surface area contributed by atoms with Crippen molar-refractivity contribution in [1.29, 1.82) is 0 Å². The van der Waals surface area contributed by atoms with Crippen molar-refractivity contribution in [1.82, 2.24) is 4.90 Å². The number of carbonyl (C=O) groups is 3. The van der Waals surface area contributed by atoms with Crippen LogP contribution in [0.5, 0.6) is 11.5 Å². The van der Waals surface area contributed by atoms with Gasteiger partial charge in [0.15, 0.2) is 11.6 Å². The number of amides is 1. The highest BCUT2D eigenvalue weighted by molar-refractivity contribution is 6.17.